The minimum absolute atomic E-state index is 0.0468. The van der Waals surface area contributed by atoms with Crippen molar-refractivity contribution in [3.63, 3.8) is 0 Å². The Morgan fingerprint density at radius 2 is 1.00 bits per heavy atom. The largest absolute Gasteiger partial charge is 0.507 e. The Bertz CT molecular complexity index is 4880. The Morgan fingerprint density at radius 3 is 1.47 bits per heavy atom. The molecule has 0 atom stereocenters. The first kappa shape index (κ1) is 71.4. The molecule has 0 radical (unpaired) electrons. The summed E-state index contributed by atoms with van der Waals surface area (Å²) in [7, 11) is -10.3. The number of aliphatic imine (C=N–C) groups is 1. The highest BCUT2D eigenvalue weighted by molar-refractivity contribution is 7.86. The van der Waals surface area contributed by atoms with Gasteiger partial charge in [-0.3, -0.25) is 28.3 Å². The Hall–Kier alpha value is -9.93. The van der Waals surface area contributed by atoms with Crippen LogP contribution < -0.4 is 15.1 Å². The number of phenolic OH excluding ortho intramolecular Hbond substituents is 2. The number of Topliss-reactive ketones (excluding diaryl/α,β-unsaturated/α-hetero) is 2. The van der Waals surface area contributed by atoms with E-state index < -0.39 is 54.8 Å². The summed E-state index contributed by atoms with van der Waals surface area (Å²) in [6, 6.07) is 33.9. The lowest BCUT2D eigenvalue weighted by Gasteiger charge is -2.22. The number of allylic oxidation sites excluding steroid dienone is 4. The van der Waals surface area contributed by atoms with Crippen LogP contribution in [0.25, 0.3) is 5.57 Å². The van der Waals surface area contributed by atoms with Gasteiger partial charge in [0.25, 0.3) is 20.2 Å². The van der Waals surface area contributed by atoms with Crippen LogP contribution in [0.15, 0.2) is 178 Å². The second-order valence-electron chi connectivity index (χ2n) is 23.9. The van der Waals surface area contributed by atoms with Gasteiger partial charge in [-0.2, -0.15) is 16.8 Å². The van der Waals surface area contributed by atoms with E-state index in [0.29, 0.717) is 71.6 Å². The first-order chi connectivity index (χ1) is 46.1. The Balaban J connectivity index is 1.07. The SMILES string of the molecule is CCN(CC)c1ccc(C(=O)c2ccccc2C(=O)Cc2c(C)cc(C)c(N=C3C=CC(=C(c4ccc(Nc5c(C)cc(C)c(CC(=O)c6ccccc6C(=O)c6ccc(N(CC)CC)cc6O)c5C)c(CO)c4)c4ccc(S(=O)(=O)O)cc4S(=O)(=O)O)C=C3CO)c2C)c(O)c1. The number of aliphatic hydroxyl groups excluding tert-OH is 2. The molecule has 0 bridgehead atoms. The van der Waals surface area contributed by atoms with Crippen LogP contribution in [0.5, 0.6) is 11.5 Å². The maximum Gasteiger partial charge on any atom is 0.295 e. The molecule has 0 amide bonds. The number of rotatable bonds is 25. The summed E-state index contributed by atoms with van der Waals surface area (Å²) in [6.45, 7) is 20.6. The lowest BCUT2D eigenvalue weighted by atomic mass is 9.87. The summed E-state index contributed by atoms with van der Waals surface area (Å²) in [6.07, 6.45) is 4.46. The van der Waals surface area contributed by atoms with Crippen LogP contribution >= 0.6 is 0 Å². The molecule has 0 aliphatic heterocycles. The highest BCUT2D eigenvalue weighted by atomic mass is 32.2. The first-order valence-electron chi connectivity index (χ1n) is 31.7. The lowest BCUT2D eigenvalue weighted by molar-refractivity contribution is 0.0973. The van der Waals surface area contributed by atoms with Crippen LogP contribution in [0, 0.1) is 41.5 Å². The predicted octanol–water partition coefficient (Wildman–Crippen LogP) is 13.7. The van der Waals surface area contributed by atoms with Gasteiger partial charge >= 0.3 is 0 Å². The summed E-state index contributed by atoms with van der Waals surface area (Å²) in [4.78, 5) is 64.5. The smallest absolute Gasteiger partial charge is 0.295 e. The fraction of sp³-hybridized carbons (Fsp3) is 0.234. The average Bonchev–Trinajstić information content (AvgIpc) is 0.788. The molecule has 20 heteroatoms. The number of aryl methyl sites for hydroxylation is 4. The van der Waals surface area contributed by atoms with Crippen LogP contribution in [-0.4, -0.2) is 108 Å². The van der Waals surface area contributed by atoms with E-state index in [1.807, 2.05) is 91.2 Å². The van der Waals surface area contributed by atoms with Gasteiger partial charge in [-0.15, -0.1) is 0 Å². The number of nitrogens with one attached hydrogen (secondary N) is 1. The number of aromatic hydroxyl groups is 2. The topological polar surface area (TPSA) is 289 Å². The van der Waals surface area contributed by atoms with E-state index in [9.17, 15) is 65.5 Å². The number of hydrogen-bond donors (Lipinski definition) is 7. The maximum atomic E-state index is 14.5. The van der Waals surface area contributed by atoms with Crippen molar-refractivity contribution in [1.82, 2.24) is 0 Å². The minimum Gasteiger partial charge on any atom is -0.507 e. The van der Waals surface area contributed by atoms with Crippen molar-refractivity contribution in [3.8, 4) is 11.5 Å². The molecule has 0 spiro atoms. The summed E-state index contributed by atoms with van der Waals surface area (Å²) >= 11 is 0. The minimum atomic E-state index is -5.28. The number of hydrogen-bond acceptors (Lipinski definition) is 16. The van der Waals surface area contributed by atoms with Gasteiger partial charge in [-0.1, -0.05) is 78.9 Å². The van der Waals surface area contributed by atoms with Crippen molar-refractivity contribution in [2.24, 2.45) is 4.99 Å². The van der Waals surface area contributed by atoms with Crippen molar-refractivity contribution < 1.29 is 65.5 Å². The van der Waals surface area contributed by atoms with Crippen LogP contribution in [0.2, 0.25) is 0 Å². The van der Waals surface area contributed by atoms with Crippen molar-refractivity contribution in [1.29, 1.82) is 0 Å². The fourth-order valence-electron chi connectivity index (χ4n) is 12.8. The number of aliphatic hydroxyl groups is 2. The van der Waals surface area contributed by atoms with Gasteiger partial charge in [0.1, 0.15) is 16.4 Å². The molecule has 1 aliphatic rings. The predicted molar refractivity (Wildman–Crippen MR) is 380 cm³/mol. The molecule has 97 heavy (non-hydrogen) atoms. The molecule has 0 saturated carbocycles. The van der Waals surface area contributed by atoms with E-state index >= 15 is 0 Å². The molecular formula is C77H78N4O14S2. The molecule has 0 aromatic heterocycles. The van der Waals surface area contributed by atoms with E-state index in [1.165, 1.54) is 6.07 Å². The molecule has 8 aromatic carbocycles. The monoisotopic (exact) mass is 1350 g/mol. The van der Waals surface area contributed by atoms with Crippen molar-refractivity contribution >= 4 is 83.1 Å². The normalized spacial score (nSPS) is 13.3. The van der Waals surface area contributed by atoms with Gasteiger partial charge in [0.2, 0.25) is 0 Å². The highest BCUT2D eigenvalue weighted by Crippen LogP contribution is 2.41. The molecule has 0 fully saturated rings. The standard InChI is InChI=1S/C77H78N4O14S2/c1-11-80(12-2)54-25-28-61(68(84)37-54)76(88)59-21-17-15-19-57(59)70(86)40-64-44(5)33-46(7)74(48(64)9)78-66-31-23-50(35-52(66)42-82)73(63-30-27-56(96(90,91)92)39-72(63)97(93,94)95)51-24-32-67(53(36-51)43-83)79-75-47(8)34-45(6)65(49(75)10)41-71(87)58-20-16-18-22-60(58)77(89)62-29-26-55(38-69(62)85)81(13-3)14-4/h15-39,78,82-85H,11-14,40-43H2,1-10H3,(H,90,91,92)(H,93,94,95). The average molecular weight is 1350 g/mol. The van der Waals surface area contributed by atoms with E-state index in [1.54, 1.807) is 115 Å². The molecule has 9 rings (SSSR count). The Morgan fingerprint density at radius 1 is 0.505 bits per heavy atom. The molecule has 0 heterocycles. The van der Waals surface area contributed by atoms with E-state index in [4.69, 9.17) is 4.99 Å². The van der Waals surface area contributed by atoms with Crippen molar-refractivity contribution in [3.05, 3.63) is 257 Å². The number of phenols is 2. The molecule has 1 aliphatic carbocycles. The molecule has 7 N–H and O–H groups in total. The van der Waals surface area contributed by atoms with Crippen LogP contribution in [0.1, 0.15) is 141 Å². The number of anilines is 4. The highest BCUT2D eigenvalue weighted by Gasteiger charge is 2.29. The third-order valence-electron chi connectivity index (χ3n) is 17.9. The third kappa shape index (κ3) is 15.0. The number of carbonyl (C=O) groups is 4. The van der Waals surface area contributed by atoms with Gasteiger partial charge in [0, 0.05) is 113 Å². The van der Waals surface area contributed by atoms with E-state index in [2.05, 4.69) is 5.32 Å². The van der Waals surface area contributed by atoms with Gasteiger partial charge in [0.15, 0.2) is 23.1 Å². The Kier molecular flexibility index (Phi) is 21.8. The van der Waals surface area contributed by atoms with Gasteiger partial charge in [-0.05, 0) is 191 Å². The van der Waals surface area contributed by atoms with Crippen molar-refractivity contribution in [2.45, 2.75) is 98.5 Å². The summed E-state index contributed by atoms with van der Waals surface area (Å²) in [5, 5.41) is 48.0. The number of carbonyl (C=O) groups excluding carboxylic acids is 4. The second kappa shape index (κ2) is 29.6. The van der Waals surface area contributed by atoms with Gasteiger partial charge < -0.3 is 35.5 Å². The van der Waals surface area contributed by atoms with Gasteiger partial charge in [0.05, 0.1) is 40.6 Å². The molecule has 0 unspecified atom stereocenters. The van der Waals surface area contributed by atoms with Crippen LogP contribution in [0.4, 0.5) is 28.4 Å². The second-order valence-corrected chi connectivity index (χ2v) is 26.7. The van der Waals surface area contributed by atoms with E-state index in [0.717, 1.165) is 45.8 Å². The molecule has 0 saturated heterocycles. The fourth-order valence-corrected chi connectivity index (χ4v) is 14.1. The zero-order valence-corrected chi connectivity index (χ0v) is 57.3. The molecule has 18 nitrogen and oxygen atoms in total. The third-order valence-corrected chi connectivity index (χ3v) is 19.7. The molecule has 8 aromatic rings. The first-order valence-corrected chi connectivity index (χ1v) is 34.6. The quantitative estimate of drug-likeness (QED) is 0.0207. The van der Waals surface area contributed by atoms with E-state index in [-0.39, 0.29) is 108 Å². The number of nitrogens with zero attached hydrogens (tertiary/aromatic N) is 3. The Labute approximate surface area is 565 Å². The number of ketones is 4. The molecule has 502 valence electrons. The lowest BCUT2D eigenvalue weighted by Crippen LogP contribution is -2.21. The summed E-state index contributed by atoms with van der Waals surface area (Å²) < 4.78 is 72.6. The zero-order valence-electron chi connectivity index (χ0n) is 55.7. The van der Waals surface area contributed by atoms with Crippen LogP contribution in [0.3, 0.4) is 0 Å². The molecular weight excluding hydrogens is 1270 g/mol. The zero-order chi connectivity index (χ0) is 70.5. The summed E-state index contributed by atoms with van der Waals surface area (Å²) in [5.74, 6) is -2.17. The number of benzene rings is 8. The van der Waals surface area contributed by atoms with Crippen LogP contribution in [-0.2, 0) is 39.7 Å². The van der Waals surface area contributed by atoms with Crippen molar-refractivity contribution in [2.75, 3.05) is 47.9 Å². The maximum absolute atomic E-state index is 14.5. The summed E-state index contributed by atoms with van der Waals surface area (Å²) in [5.41, 5.74) is 10.4. The van der Waals surface area contributed by atoms with Gasteiger partial charge in [-0.25, -0.2) is 4.99 Å².